The second kappa shape index (κ2) is 8.16. The maximum absolute atomic E-state index is 12.8. The molecule has 1 aromatic carbocycles. The van der Waals surface area contributed by atoms with E-state index in [2.05, 4.69) is 4.72 Å². The quantitative estimate of drug-likeness (QED) is 0.820. The summed E-state index contributed by atoms with van der Waals surface area (Å²) in [5.74, 6) is 0.254. The Balaban J connectivity index is 2.34. The molecule has 0 aromatic heterocycles. The summed E-state index contributed by atoms with van der Waals surface area (Å²) in [4.78, 5) is 14.5. The fraction of sp³-hybridized carbons (Fsp3) is 0.588. The van der Waals surface area contributed by atoms with Gasteiger partial charge in [0.05, 0.1) is 30.8 Å². The number of sulfonamides is 1. The SMILES string of the molecule is COc1ccc(S(=O)(=O)N[C@@H](C)C(C)C)cc1C(=O)N1CCOCC1. The number of hydrogen-bond acceptors (Lipinski definition) is 5. The number of rotatable bonds is 6. The van der Waals surface area contributed by atoms with E-state index in [0.29, 0.717) is 32.1 Å². The average Bonchev–Trinajstić information content (AvgIpc) is 2.60. The molecule has 1 N–H and O–H groups in total. The molecule has 0 saturated carbocycles. The van der Waals surface area contributed by atoms with Gasteiger partial charge in [-0.2, -0.15) is 0 Å². The van der Waals surface area contributed by atoms with Crippen LogP contribution in [0.25, 0.3) is 0 Å². The molecule has 1 saturated heterocycles. The zero-order chi connectivity index (χ0) is 18.6. The monoisotopic (exact) mass is 370 g/mol. The number of nitrogens with zero attached hydrogens (tertiary/aromatic N) is 1. The molecule has 0 radical (unpaired) electrons. The van der Waals surface area contributed by atoms with Crippen molar-refractivity contribution < 1.29 is 22.7 Å². The van der Waals surface area contributed by atoms with Gasteiger partial charge in [-0.05, 0) is 31.0 Å². The van der Waals surface area contributed by atoms with Gasteiger partial charge in [0.25, 0.3) is 5.91 Å². The fourth-order valence-corrected chi connectivity index (χ4v) is 3.82. The minimum absolute atomic E-state index is 0.0532. The van der Waals surface area contributed by atoms with Gasteiger partial charge in [0.1, 0.15) is 5.75 Å². The molecular formula is C17H26N2O5S. The number of carbonyl (C=O) groups excluding carboxylic acids is 1. The number of benzene rings is 1. The summed E-state index contributed by atoms with van der Waals surface area (Å²) in [6.07, 6.45) is 0. The minimum Gasteiger partial charge on any atom is -0.496 e. The Morgan fingerprint density at radius 2 is 1.88 bits per heavy atom. The van der Waals surface area contributed by atoms with E-state index in [4.69, 9.17) is 9.47 Å². The van der Waals surface area contributed by atoms with Crippen molar-refractivity contribution in [1.29, 1.82) is 0 Å². The number of carbonyl (C=O) groups is 1. The van der Waals surface area contributed by atoms with E-state index in [9.17, 15) is 13.2 Å². The Bertz CT molecular complexity index is 712. The van der Waals surface area contributed by atoms with Crippen LogP contribution < -0.4 is 9.46 Å². The molecule has 1 aliphatic heterocycles. The molecule has 0 aliphatic carbocycles. The summed E-state index contributed by atoms with van der Waals surface area (Å²) in [7, 11) is -2.26. The molecule has 1 amide bonds. The van der Waals surface area contributed by atoms with Crippen molar-refractivity contribution in [2.45, 2.75) is 31.7 Å². The van der Waals surface area contributed by atoms with Crippen LogP contribution in [0.4, 0.5) is 0 Å². The highest BCUT2D eigenvalue weighted by Crippen LogP contribution is 2.25. The molecule has 0 spiro atoms. The average molecular weight is 370 g/mol. The predicted octanol–water partition coefficient (Wildman–Crippen LogP) is 1.49. The van der Waals surface area contributed by atoms with Gasteiger partial charge in [0.2, 0.25) is 10.0 Å². The Hall–Kier alpha value is -1.64. The van der Waals surface area contributed by atoms with Crippen LogP contribution >= 0.6 is 0 Å². The molecule has 1 heterocycles. The van der Waals surface area contributed by atoms with Gasteiger partial charge in [-0.3, -0.25) is 4.79 Å². The van der Waals surface area contributed by atoms with Crippen LogP contribution in [0.3, 0.4) is 0 Å². The molecule has 0 unspecified atom stereocenters. The van der Waals surface area contributed by atoms with Crippen molar-refractivity contribution in [3.8, 4) is 5.75 Å². The molecule has 1 aliphatic rings. The van der Waals surface area contributed by atoms with E-state index >= 15 is 0 Å². The van der Waals surface area contributed by atoms with E-state index in [0.717, 1.165) is 0 Å². The van der Waals surface area contributed by atoms with E-state index < -0.39 is 10.0 Å². The van der Waals surface area contributed by atoms with E-state index in [1.807, 2.05) is 20.8 Å². The molecule has 1 atom stereocenters. The van der Waals surface area contributed by atoms with Crippen molar-refractivity contribution in [3.05, 3.63) is 23.8 Å². The number of amides is 1. The predicted molar refractivity (Wildman–Crippen MR) is 94.3 cm³/mol. The lowest BCUT2D eigenvalue weighted by Gasteiger charge is -2.27. The summed E-state index contributed by atoms with van der Waals surface area (Å²) < 4.78 is 38.3. The summed E-state index contributed by atoms with van der Waals surface area (Å²) in [5, 5.41) is 0. The first-order chi connectivity index (χ1) is 11.8. The molecule has 140 valence electrons. The van der Waals surface area contributed by atoms with E-state index in [-0.39, 0.29) is 28.3 Å². The van der Waals surface area contributed by atoms with Crippen molar-refractivity contribution in [2.75, 3.05) is 33.4 Å². The number of hydrogen-bond donors (Lipinski definition) is 1. The van der Waals surface area contributed by atoms with Crippen molar-refractivity contribution >= 4 is 15.9 Å². The van der Waals surface area contributed by atoms with Crippen molar-refractivity contribution in [2.24, 2.45) is 5.92 Å². The third kappa shape index (κ3) is 4.71. The second-order valence-corrected chi connectivity index (χ2v) is 8.13. The zero-order valence-electron chi connectivity index (χ0n) is 15.1. The summed E-state index contributed by atoms with van der Waals surface area (Å²) >= 11 is 0. The number of ether oxygens (including phenoxy) is 2. The maximum Gasteiger partial charge on any atom is 0.257 e. The molecule has 1 fully saturated rings. The van der Waals surface area contributed by atoms with Crippen LogP contribution in [-0.4, -0.2) is 58.7 Å². The summed E-state index contributed by atoms with van der Waals surface area (Å²) in [5.41, 5.74) is 0.240. The van der Waals surface area contributed by atoms with Gasteiger partial charge in [-0.25, -0.2) is 13.1 Å². The van der Waals surface area contributed by atoms with Gasteiger partial charge >= 0.3 is 0 Å². The van der Waals surface area contributed by atoms with Gasteiger partial charge in [0.15, 0.2) is 0 Å². The zero-order valence-corrected chi connectivity index (χ0v) is 15.9. The third-order valence-corrected chi connectivity index (χ3v) is 5.91. The Labute approximate surface area is 149 Å². The van der Waals surface area contributed by atoms with Gasteiger partial charge in [0, 0.05) is 19.1 Å². The second-order valence-electron chi connectivity index (χ2n) is 6.42. The van der Waals surface area contributed by atoms with Gasteiger partial charge < -0.3 is 14.4 Å². The molecule has 1 aromatic rings. The fourth-order valence-electron chi connectivity index (χ4n) is 2.41. The summed E-state index contributed by atoms with van der Waals surface area (Å²) in [6.45, 7) is 7.58. The highest BCUT2D eigenvalue weighted by molar-refractivity contribution is 7.89. The Morgan fingerprint density at radius 1 is 1.24 bits per heavy atom. The first kappa shape index (κ1) is 19.7. The Kier molecular flexibility index (Phi) is 6.42. The molecule has 25 heavy (non-hydrogen) atoms. The summed E-state index contributed by atoms with van der Waals surface area (Å²) in [6, 6.07) is 4.13. The van der Waals surface area contributed by atoms with Crippen LogP contribution in [0, 0.1) is 5.92 Å². The number of methoxy groups -OCH3 is 1. The van der Waals surface area contributed by atoms with Crippen LogP contribution in [0.2, 0.25) is 0 Å². The van der Waals surface area contributed by atoms with Crippen LogP contribution in [0.1, 0.15) is 31.1 Å². The normalized spacial score (nSPS) is 16.8. The van der Waals surface area contributed by atoms with E-state index in [1.54, 1.807) is 4.90 Å². The molecule has 7 nitrogen and oxygen atoms in total. The highest BCUT2D eigenvalue weighted by atomic mass is 32.2. The Morgan fingerprint density at radius 3 is 2.44 bits per heavy atom. The standard InChI is InChI=1S/C17H26N2O5S/c1-12(2)13(3)18-25(21,22)14-5-6-16(23-4)15(11-14)17(20)19-7-9-24-10-8-19/h5-6,11-13,18H,7-10H2,1-4H3/t13-/m0/s1. The van der Waals surface area contributed by atoms with E-state index in [1.165, 1.54) is 25.3 Å². The highest BCUT2D eigenvalue weighted by Gasteiger charge is 2.25. The van der Waals surface area contributed by atoms with Gasteiger partial charge in [-0.15, -0.1) is 0 Å². The lowest BCUT2D eigenvalue weighted by molar-refractivity contribution is 0.0300. The van der Waals surface area contributed by atoms with Gasteiger partial charge in [-0.1, -0.05) is 13.8 Å². The van der Waals surface area contributed by atoms with Crippen molar-refractivity contribution in [1.82, 2.24) is 9.62 Å². The number of morpholine rings is 1. The van der Waals surface area contributed by atoms with Crippen LogP contribution in [-0.2, 0) is 14.8 Å². The van der Waals surface area contributed by atoms with Crippen LogP contribution in [0.15, 0.2) is 23.1 Å². The smallest absolute Gasteiger partial charge is 0.257 e. The molecular weight excluding hydrogens is 344 g/mol. The first-order valence-electron chi connectivity index (χ1n) is 8.33. The minimum atomic E-state index is -3.72. The molecule has 8 heteroatoms. The first-order valence-corrected chi connectivity index (χ1v) is 9.82. The van der Waals surface area contributed by atoms with Crippen molar-refractivity contribution in [3.63, 3.8) is 0 Å². The topological polar surface area (TPSA) is 84.9 Å². The lowest BCUT2D eigenvalue weighted by atomic mass is 10.1. The molecule has 0 bridgehead atoms. The third-order valence-electron chi connectivity index (χ3n) is 4.35. The maximum atomic E-state index is 12.8. The largest absolute Gasteiger partial charge is 0.496 e. The van der Waals surface area contributed by atoms with Crippen LogP contribution in [0.5, 0.6) is 5.75 Å². The number of nitrogens with one attached hydrogen (secondary N) is 1. The molecule has 2 rings (SSSR count). The lowest BCUT2D eigenvalue weighted by Crippen LogP contribution is -2.41.